The molecule has 1 saturated heterocycles. The van der Waals surface area contributed by atoms with Crippen molar-refractivity contribution >= 4 is 11.8 Å². The van der Waals surface area contributed by atoms with Crippen LogP contribution in [0.1, 0.15) is 36.2 Å². The predicted octanol–water partition coefficient (Wildman–Crippen LogP) is 0.408. The van der Waals surface area contributed by atoms with Crippen LogP contribution in [-0.2, 0) is 11.3 Å². The lowest BCUT2D eigenvalue weighted by molar-refractivity contribution is -0.127. The maximum absolute atomic E-state index is 12.0. The fourth-order valence-corrected chi connectivity index (χ4v) is 2.68. The molecule has 0 radical (unpaired) electrons. The highest BCUT2D eigenvalue weighted by Gasteiger charge is 2.20. The van der Waals surface area contributed by atoms with Gasteiger partial charge < -0.3 is 15.0 Å². The smallest absolute Gasteiger partial charge is 0.271 e. The van der Waals surface area contributed by atoms with Crippen LogP contribution in [0.4, 0.5) is 0 Å². The molecule has 1 aromatic heterocycles. The van der Waals surface area contributed by atoms with Gasteiger partial charge in [-0.05, 0) is 12.8 Å². The summed E-state index contributed by atoms with van der Waals surface area (Å²) in [5, 5.41) is 7.07. The Morgan fingerprint density at radius 1 is 1.38 bits per heavy atom. The molecule has 2 amide bonds. The summed E-state index contributed by atoms with van der Waals surface area (Å²) >= 11 is 0. The number of amides is 2. The molecule has 114 valence electrons. The van der Waals surface area contributed by atoms with Crippen molar-refractivity contribution in [2.45, 2.75) is 32.2 Å². The third kappa shape index (κ3) is 3.17. The van der Waals surface area contributed by atoms with Crippen LogP contribution in [0.5, 0.6) is 5.88 Å². The van der Waals surface area contributed by atoms with Crippen LogP contribution in [0.3, 0.4) is 0 Å². The molecule has 21 heavy (non-hydrogen) atoms. The largest absolute Gasteiger partial charge is 0.478 e. The van der Waals surface area contributed by atoms with E-state index in [4.69, 9.17) is 4.74 Å². The van der Waals surface area contributed by atoms with Gasteiger partial charge in [-0.15, -0.1) is 0 Å². The summed E-state index contributed by atoms with van der Waals surface area (Å²) in [7, 11) is 0. The molecule has 3 heterocycles. The summed E-state index contributed by atoms with van der Waals surface area (Å²) in [6.45, 7) is 3.57. The first kappa shape index (κ1) is 13.9. The second-order valence-electron chi connectivity index (χ2n) is 5.39. The van der Waals surface area contributed by atoms with Crippen molar-refractivity contribution in [3.05, 3.63) is 11.8 Å². The van der Waals surface area contributed by atoms with E-state index in [1.807, 2.05) is 4.90 Å². The molecule has 0 aliphatic carbocycles. The number of carbonyl (C=O) groups excluding carboxylic acids is 2. The van der Waals surface area contributed by atoms with Crippen LogP contribution in [0, 0.1) is 0 Å². The van der Waals surface area contributed by atoms with Crippen LogP contribution >= 0.6 is 0 Å². The molecule has 0 bridgehead atoms. The molecule has 7 nitrogen and oxygen atoms in total. The Hall–Kier alpha value is -2.05. The van der Waals surface area contributed by atoms with Gasteiger partial charge in [0.2, 0.25) is 11.8 Å². The highest BCUT2D eigenvalue weighted by molar-refractivity contribution is 5.92. The van der Waals surface area contributed by atoms with Crippen molar-refractivity contribution in [2.24, 2.45) is 0 Å². The fraction of sp³-hybridized carbons (Fsp3) is 0.643. The maximum Gasteiger partial charge on any atom is 0.271 e. The summed E-state index contributed by atoms with van der Waals surface area (Å²) in [4.78, 5) is 25.3. The van der Waals surface area contributed by atoms with Crippen LogP contribution in [0.15, 0.2) is 6.07 Å². The van der Waals surface area contributed by atoms with Gasteiger partial charge in [0, 0.05) is 45.1 Å². The number of hydrogen-bond donors (Lipinski definition) is 1. The van der Waals surface area contributed by atoms with Crippen LogP contribution in [0.2, 0.25) is 0 Å². The van der Waals surface area contributed by atoms with E-state index in [0.717, 1.165) is 32.4 Å². The Morgan fingerprint density at radius 2 is 2.29 bits per heavy atom. The van der Waals surface area contributed by atoms with Crippen molar-refractivity contribution < 1.29 is 14.3 Å². The zero-order valence-corrected chi connectivity index (χ0v) is 12.0. The van der Waals surface area contributed by atoms with E-state index in [1.54, 1.807) is 10.7 Å². The molecule has 0 spiro atoms. The number of nitrogens with zero attached hydrogens (tertiary/aromatic N) is 3. The van der Waals surface area contributed by atoms with Gasteiger partial charge in [0.15, 0.2) is 5.69 Å². The highest BCUT2D eigenvalue weighted by Crippen LogP contribution is 2.18. The number of likely N-dealkylation sites (tertiary alicyclic amines) is 1. The van der Waals surface area contributed by atoms with Gasteiger partial charge in [0.25, 0.3) is 5.91 Å². The molecule has 1 N–H and O–H groups in total. The third-order valence-corrected chi connectivity index (χ3v) is 3.80. The molecular formula is C14H20N4O3. The number of aryl methyl sites for hydroxylation is 1. The number of aromatic nitrogens is 2. The first-order chi connectivity index (χ1) is 10.2. The van der Waals surface area contributed by atoms with Crippen molar-refractivity contribution in [3.8, 4) is 5.88 Å². The monoisotopic (exact) mass is 292 g/mol. The molecule has 2 aliphatic heterocycles. The van der Waals surface area contributed by atoms with Crippen LogP contribution in [0.25, 0.3) is 0 Å². The van der Waals surface area contributed by atoms with Gasteiger partial charge in [-0.2, -0.15) is 5.10 Å². The molecule has 1 aromatic rings. The average Bonchev–Trinajstić information content (AvgIpc) is 3.09. The Kier molecular flexibility index (Phi) is 4.08. The van der Waals surface area contributed by atoms with Crippen LogP contribution < -0.4 is 10.1 Å². The van der Waals surface area contributed by atoms with E-state index >= 15 is 0 Å². The molecule has 1 fully saturated rings. The van der Waals surface area contributed by atoms with Gasteiger partial charge in [0.1, 0.15) is 0 Å². The van der Waals surface area contributed by atoms with Gasteiger partial charge in [0.05, 0.1) is 6.61 Å². The summed E-state index contributed by atoms with van der Waals surface area (Å²) < 4.78 is 7.16. The topological polar surface area (TPSA) is 76.5 Å². The van der Waals surface area contributed by atoms with E-state index in [0.29, 0.717) is 37.7 Å². The second kappa shape index (κ2) is 6.15. The lowest BCUT2D eigenvalue weighted by Gasteiger charge is -2.15. The van der Waals surface area contributed by atoms with E-state index < -0.39 is 0 Å². The van der Waals surface area contributed by atoms with Gasteiger partial charge in [-0.1, -0.05) is 0 Å². The summed E-state index contributed by atoms with van der Waals surface area (Å²) in [5.41, 5.74) is 0.393. The van der Waals surface area contributed by atoms with Crippen LogP contribution in [-0.4, -0.2) is 52.7 Å². The minimum Gasteiger partial charge on any atom is -0.478 e. The van der Waals surface area contributed by atoms with E-state index in [-0.39, 0.29) is 11.8 Å². The summed E-state index contributed by atoms with van der Waals surface area (Å²) in [6.07, 6.45) is 3.29. The Bertz CT molecular complexity index is 517. The van der Waals surface area contributed by atoms with Gasteiger partial charge >= 0.3 is 0 Å². The first-order valence-electron chi connectivity index (χ1n) is 7.51. The van der Waals surface area contributed by atoms with Gasteiger partial charge in [-0.25, -0.2) is 4.68 Å². The fourth-order valence-electron chi connectivity index (χ4n) is 2.68. The minimum absolute atomic E-state index is 0.187. The number of hydrogen-bond acceptors (Lipinski definition) is 4. The molecule has 7 heteroatoms. The van der Waals surface area contributed by atoms with E-state index in [9.17, 15) is 9.59 Å². The number of ether oxygens (including phenoxy) is 1. The molecule has 0 atom stereocenters. The number of rotatable bonds is 5. The summed E-state index contributed by atoms with van der Waals surface area (Å²) in [5.74, 6) is 0.697. The minimum atomic E-state index is -0.187. The third-order valence-electron chi connectivity index (χ3n) is 3.80. The standard InChI is InChI=1S/C14H20N4O3/c19-12-4-1-6-17(12)7-2-5-15-14(20)11-10-13-18(16-11)8-3-9-21-13/h10H,1-9H2,(H,15,20). The van der Waals surface area contributed by atoms with Crippen molar-refractivity contribution in [1.29, 1.82) is 0 Å². The van der Waals surface area contributed by atoms with E-state index in [1.165, 1.54) is 0 Å². The number of nitrogens with one attached hydrogen (secondary N) is 1. The Morgan fingerprint density at radius 3 is 3.05 bits per heavy atom. The second-order valence-corrected chi connectivity index (χ2v) is 5.39. The highest BCUT2D eigenvalue weighted by atomic mass is 16.5. The Balaban J connectivity index is 1.43. The van der Waals surface area contributed by atoms with Crippen molar-refractivity contribution in [3.63, 3.8) is 0 Å². The SMILES string of the molecule is O=C(NCCCN1CCCC1=O)c1cc2n(n1)CCCO2. The molecule has 0 unspecified atom stereocenters. The molecule has 0 saturated carbocycles. The zero-order valence-electron chi connectivity index (χ0n) is 12.0. The van der Waals surface area contributed by atoms with Crippen molar-refractivity contribution in [2.75, 3.05) is 26.2 Å². The predicted molar refractivity (Wildman–Crippen MR) is 75.1 cm³/mol. The molecule has 0 aromatic carbocycles. The Labute approximate surface area is 123 Å². The van der Waals surface area contributed by atoms with E-state index in [2.05, 4.69) is 10.4 Å². The lowest BCUT2D eigenvalue weighted by atomic mass is 10.3. The van der Waals surface area contributed by atoms with Crippen molar-refractivity contribution in [1.82, 2.24) is 20.0 Å². The molecular weight excluding hydrogens is 272 g/mol. The lowest BCUT2D eigenvalue weighted by Crippen LogP contribution is -2.30. The normalized spacial score (nSPS) is 17.5. The molecule has 2 aliphatic rings. The molecule has 3 rings (SSSR count). The maximum atomic E-state index is 12.0. The first-order valence-corrected chi connectivity index (χ1v) is 7.51. The quantitative estimate of drug-likeness (QED) is 0.797. The number of fused-ring (bicyclic) bond motifs is 1. The number of carbonyl (C=O) groups is 2. The summed E-state index contributed by atoms with van der Waals surface area (Å²) in [6, 6.07) is 1.68. The van der Waals surface area contributed by atoms with Gasteiger partial charge in [-0.3, -0.25) is 9.59 Å². The zero-order chi connectivity index (χ0) is 14.7. The average molecular weight is 292 g/mol.